The van der Waals surface area contributed by atoms with Crippen LogP contribution in [0.15, 0.2) is 53.9 Å². The van der Waals surface area contributed by atoms with E-state index in [4.69, 9.17) is 9.47 Å². The monoisotopic (exact) mass is 436 g/mol. The summed E-state index contributed by atoms with van der Waals surface area (Å²) in [6, 6.07) is 16.0. The summed E-state index contributed by atoms with van der Waals surface area (Å²) < 4.78 is 11.4. The molecule has 0 aliphatic carbocycles. The SMILES string of the molecule is Cc1cccc(OCc2csc(C(=O)Nc3cccc(CN4CCOCC4)c3)c2)c1C. The number of anilines is 1. The van der Waals surface area contributed by atoms with Crippen LogP contribution < -0.4 is 10.1 Å². The molecule has 0 unspecified atom stereocenters. The molecule has 31 heavy (non-hydrogen) atoms. The number of ether oxygens (including phenoxy) is 2. The number of aryl methyl sites for hydroxylation is 1. The molecule has 1 fully saturated rings. The molecular weight excluding hydrogens is 408 g/mol. The van der Waals surface area contributed by atoms with Crippen LogP contribution in [0.25, 0.3) is 0 Å². The van der Waals surface area contributed by atoms with Crippen LogP contribution in [0.5, 0.6) is 5.75 Å². The minimum Gasteiger partial charge on any atom is -0.489 e. The Bertz CT molecular complexity index is 1040. The van der Waals surface area contributed by atoms with Crippen molar-refractivity contribution < 1.29 is 14.3 Å². The van der Waals surface area contributed by atoms with Crippen LogP contribution in [-0.4, -0.2) is 37.1 Å². The Labute approximate surface area is 187 Å². The van der Waals surface area contributed by atoms with E-state index in [1.54, 1.807) is 0 Å². The van der Waals surface area contributed by atoms with Gasteiger partial charge < -0.3 is 14.8 Å². The molecule has 6 heteroatoms. The number of benzene rings is 2. The van der Waals surface area contributed by atoms with E-state index in [2.05, 4.69) is 36.2 Å². The molecule has 1 aromatic heterocycles. The highest BCUT2D eigenvalue weighted by Crippen LogP contribution is 2.24. The third-order valence-electron chi connectivity index (χ3n) is 5.52. The lowest BCUT2D eigenvalue weighted by molar-refractivity contribution is 0.0342. The largest absolute Gasteiger partial charge is 0.489 e. The number of hydrogen-bond donors (Lipinski definition) is 1. The van der Waals surface area contributed by atoms with E-state index >= 15 is 0 Å². The van der Waals surface area contributed by atoms with Gasteiger partial charge in [0.15, 0.2) is 0 Å². The van der Waals surface area contributed by atoms with Crippen molar-refractivity contribution in [2.24, 2.45) is 0 Å². The standard InChI is InChI=1S/C25H28N2O3S/c1-18-5-3-8-23(19(18)2)30-16-21-14-24(31-17-21)25(28)26-22-7-4-6-20(13-22)15-27-9-11-29-12-10-27/h3-8,13-14,17H,9-12,15-16H2,1-2H3,(H,26,28). The normalized spacial score (nSPS) is 14.4. The van der Waals surface area contributed by atoms with Crippen molar-refractivity contribution in [3.8, 4) is 5.75 Å². The van der Waals surface area contributed by atoms with E-state index in [9.17, 15) is 4.79 Å². The fourth-order valence-corrected chi connectivity index (χ4v) is 4.36. The second-order valence-corrected chi connectivity index (χ2v) is 8.76. The van der Waals surface area contributed by atoms with E-state index in [1.807, 2.05) is 41.8 Å². The van der Waals surface area contributed by atoms with Gasteiger partial charge in [-0.25, -0.2) is 0 Å². The minimum atomic E-state index is -0.0912. The Balaban J connectivity index is 1.34. The summed E-state index contributed by atoms with van der Waals surface area (Å²) in [6.07, 6.45) is 0. The maximum Gasteiger partial charge on any atom is 0.265 e. The molecule has 2 aromatic carbocycles. The van der Waals surface area contributed by atoms with Crippen LogP contribution in [-0.2, 0) is 17.9 Å². The van der Waals surface area contributed by atoms with Gasteiger partial charge in [-0.05, 0) is 60.2 Å². The molecule has 3 aromatic rings. The molecule has 5 nitrogen and oxygen atoms in total. The summed E-state index contributed by atoms with van der Waals surface area (Å²) in [4.78, 5) is 15.8. The first-order chi connectivity index (χ1) is 15.1. The van der Waals surface area contributed by atoms with Gasteiger partial charge in [0.1, 0.15) is 12.4 Å². The zero-order valence-corrected chi connectivity index (χ0v) is 18.8. The number of hydrogen-bond acceptors (Lipinski definition) is 5. The first kappa shape index (κ1) is 21.6. The molecule has 0 atom stereocenters. The number of carbonyl (C=O) groups is 1. The topological polar surface area (TPSA) is 50.8 Å². The highest BCUT2D eigenvalue weighted by molar-refractivity contribution is 7.12. The number of nitrogens with one attached hydrogen (secondary N) is 1. The molecule has 4 rings (SSSR count). The van der Waals surface area contributed by atoms with Crippen molar-refractivity contribution in [1.29, 1.82) is 0 Å². The molecular formula is C25H28N2O3S. The lowest BCUT2D eigenvalue weighted by atomic mass is 10.1. The maximum atomic E-state index is 12.7. The average Bonchev–Trinajstić information content (AvgIpc) is 3.25. The molecule has 1 aliphatic rings. The van der Waals surface area contributed by atoms with Crippen LogP contribution in [0.4, 0.5) is 5.69 Å². The van der Waals surface area contributed by atoms with Gasteiger partial charge in [0, 0.05) is 30.9 Å². The Morgan fingerprint density at radius 1 is 1.10 bits per heavy atom. The van der Waals surface area contributed by atoms with Gasteiger partial charge in [-0.15, -0.1) is 11.3 Å². The second-order valence-electron chi connectivity index (χ2n) is 7.85. The molecule has 1 aliphatic heterocycles. The van der Waals surface area contributed by atoms with Crippen molar-refractivity contribution >= 4 is 22.9 Å². The zero-order valence-electron chi connectivity index (χ0n) is 18.0. The predicted octanol–water partition coefficient (Wildman–Crippen LogP) is 5.03. The highest BCUT2D eigenvalue weighted by atomic mass is 32.1. The van der Waals surface area contributed by atoms with Crippen molar-refractivity contribution in [2.45, 2.75) is 27.0 Å². The van der Waals surface area contributed by atoms with Gasteiger partial charge in [-0.3, -0.25) is 9.69 Å². The minimum absolute atomic E-state index is 0.0912. The molecule has 0 radical (unpaired) electrons. The fourth-order valence-electron chi connectivity index (χ4n) is 3.57. The van der Waals surface area contributed by atoms with Gasteiger partial charge in [0.2, 0.25) is 0 Å². The number of morpholine rings is 1. The molecule has 1 saturated heterocycles. The summed E-state index contributed by atoms with van der Waals surface area (Å²) in [6.45, 7) is 8.90. The first-order valence-electron chi connectivity index (χ1n) is 10.6. The Hall–Kier alpha value is -2.67. The first-order valence-corrected chi connectivity index (χ1v) is 11.4. The van der Waals surface area contributed by atoms with Gasteiger partial charge in [-0.1, -0.05) is 24.3 Å². The summed E-state index contributed by atoms with van der Waals surface area (Å²) in [5.41, 5.74) is 5.36. The summed E-state index contributed by atoms with van der Waals surface area (Å²) in [5.74, 6) is 0.792. The second kappa shape index (κ2) is 10.1. The molecule has 0 bridgehead atoms. The summed E-state index contributed by atoms with van der Waals surface area (Å²) in [5, 5.41) is 5.01. The van der Waals surface area contributed by atoms with Gasteiger partial charge >= 0.3 is 0 Å². The number of thiophene rings is 1. The van der Waals surface area contributed by atoms with E-state index < -0.39 is 0 Å². The third-order valence-corrected chi connectivity index (χ3v) is 6.50. The van der Waals surface area contributed by atoms with Crippen LogP contribution in [0, 0.1) is 13.8 Å². The van der Waals surface area contributed by atoms with Gasteiger partial charge in [0.05, 0.1) is 18.1 Å². The quantitative estimate of drug-likeness (QED) is 0.564. The predicted molar refractivity (Wildman–Crippen MR) is 125 cm³/mol. The van der Waals surface area contributed by atoms with Crippen molar-refractivity contribution in [2.75, 3.05) is 31.6 Å². The molecule has 162 valence electrons. The zero-order chi connectivity index (χ0) is 21.6. The molecule has 1 amide bonds. The molecule has 2 heterocycles. The molecule has 1 N–H and O–H groups in total. The van der Waals surface area contributed by atoms with Crippen molar-refractivity contribution in [3.63, 3.8) is 0 Å². The van der Waals surface area contributed by atoms with Crippen molar-refractivity contribution in [3.05, 3.63) is 81.0 Å². The van der Waals surface area contributed by atoms with Crippen LogP contribution in [0.2, 0.25) is 0 Å². The summed E-state index contributed by atoms with van der Waals surface area (Å²) in [7, 11) is 0. The maximum absolute atomic E-state index is 12.7. The Morgan fingerprint density at radius 2 is 1.90 bits per heavy atom. The third kappa shape index (κ3) is 5.73. The smallest absolute Gasteiger partial charge is 0.265 e. The lowest BCUT2D eigenvalue weighted by Gasteiger charge is -2.26. The van der Waals surface area contributed by atoms with E-state index in [1.165, 1.54) is 22.5 Å². The number of amides is 1. The van der Waals surface area contributed by atoms with Crippen molar-refractivity contribution in [1.82, 2.24) is 4.90 Å². The summed E-state index contributed by atoms with van der Waals surface area (Å²) >= 11 is 1.44. The van der Waals surface area contributed by atoms with Crippen LogP contribution in [0.1, 0.15) is 31.9 Å². The van der Waals surface area contributed by atoms with E-state index in [0.717, 1.165) is 55.4 Å². The fraction of sp³-hybridized carbons (Fsp3) is 0.320. The number of carbonyl (C=O) groups excluding carboxylic acids is 1. The Morgan fingerprint density at radius 3 is 2.74 bits per heavy atom. The number of nitrogens with zero attached hydrogens (tertiary/aromatic N) is 1. The Kier molecular flexibility index (Phi) is 7.02. The molecule has 0 spiro atoms. The van der Waals surface area contributed by atoms with Gasteiger partial charge in [0.25, 0.3) is 5.91 Å². The number of rotatable bonds is 7. The average molecular weight is 437 g/mol. The van der Waals surface area contributed by atoms with Crippen LogP contribution in [0.3, 0.4) is 0 Å². The highest BCUT2D eigenvalue weighted by Gasteiger charge is 2.13. The van der Waals surface area contributed by atoms with E-state index in [0.29, 0.717) is 11.5 Å². The van der Waals surface area contributed by atoms with E-state index in [-0.39, 0.29) is 5.91 Å². The molecule has 0 saturated carbocycles. The van der Waals surface area contributed by atoms with Crippen LogP contribution >= 0.6 is 11.3 Å². The van der Waals surface area contributed by atoms with Gasteiger partial charge in [-0.2, -0.15) is 0 Å². The lowest BCUT2D eigenvalue weighted by Crippen LogP contribution is -2.35.